The van der Waals surface area contributed by atoms with Crippen molar-refractivity contribution in [2.24, 2.45) is 0 Å². The van der Waals surface area contributed by atoms with Crippen LogP contribution in [0.1, 0.15) is 18.5 Å². The zero-order valence-electron chi connectivity index (χ0n) is 11.4. The highest BCUT2D eigenvalue weighted by molar-refractivity contribution is 6.30. The Balaban J connectivity index is 2.21. The van der Waals surface area contributed by atoms with Crippen LogP contribution in [-0.2, 0) is 4.79 Å². The number of nitrogens with one attached hydrogen (secondary N) is 1. The first kappa shape index (κ1) is 15.1. The van der Waals surface area contributed by atoms with Crippen LogP contribution in [0, 0.1) is 11.8 Å². The molecular formula is C15H14ClN3O2. The van der Waals surface area contributed by atoms with Gasteiger partial charge in [-0.2, -0.15) is 5.10 Å². The Morgan fingerprint density at radius 3 is 3.05 bits per heavy atom. The van der Waals surface area contributed by atoms with Crippen LogP contribution >= 0.6 is 11.6 Å². The maximum atomic E-state index is 12.2. The molecule has 6 heteroatoms. The van der Waals surface area contributed by atoms with Crippen LogP contribution in [-0.4, -0.2) is 27.4 Å². The molecule has 2 aromatic rings. The second kappa shape index (κ2) is 6.93. The molecule has 0 aliphatic carbocycles. The molecule has 0 fully saturated rings. The lowest BCUT2D eigenvalue weighted by atomic mass is 10.1. The molecule has 21 heavy (non-hydrogen) atoms. The van der Waals surface area contributed by atoms with E-state index < -0.39 is 6.04 Å². The average molecular weight is 304 g/mol. The quantitative estimate of drug-likeness (QED) is 0.853. The van der Waals surface area contributed by atoms with Crippen molar-refractivity contribution in [3.8, 4) is 11.8 Å². The highest BCUT2D eigenvalue weighted by Gasteiger charge is 2.16. The Kier molecular flexibility index (Phi) is 4.99. The third-order valence-corrected chi connectivity index (χ3v) is 3.08. The van der Waals surface area contributed by atoms with Crippen molar-refractivity contribution < 1.29 is 9.90 Å². The summed E-state index contributed by atoms with van der Waals surface area (Å²) in [5.74, 6) is 5.09. The van der Waals surface area contributed by atoms with Crippen LogP contribution in [0.15, 0.2) is 36.7 Å². The van der Waals surface area contributed by atoms with Gasteiger partial charge in [0.25, 0.3) is 0 Å². The van der Waals surface area contributed by atoms with Crippen LogP contribution in [0.5, 0.6) is 0 Å². The summed E-state index contributed by atoms with van der Waals surface area (Å²) in [7, 11) is 0. The van der Waals surface area contributed by atoms with Crippen molar-refractivity contribution in [2.45, 2.75) is 13.0 Å². The molecule has 1 heterocycles. The maximum Gasteiger partial charge on any atom is 0.248 e. The number of carbonyl (C=O) groups excluding carboxylic acids is 1. The van der Waals surface area contributed by atoms with Gasteiger partial charge < -0.3 is 10.4 Å². The second-order valence-electron chi connectivity index (χ2n) is 4.30. The summed E-state index contributed by atoms with van der Waals surface area (Å²) in [5.41, 5.74) is 1.10. The van der Waals surface area contributed by atoms with E-state index in [9.17, 15) is 4.79 Å². The minimum Gasteiger partial charge on any atom is -0.384 e. The molecule has 5 nitrogen and oxygen atoms in total. The van der Waals surface area contributed by atoms with Crippen molar-refractivity contribution in [3.05, 3.63) is 47.2 Å². The molecule has 2 rings (SSSR count). The number of anilines is 1. The number of benzene rings is 1. The van der Waals surface area contributed by atoms with Gasteiger partial charge in [-0.3, -0.25) is 9.48 Å². The summed E-state index contributed by atoms with van der Waals surface area (Å²) < 4.78 is 1.56. The molecule has 0 radical (unpaired) electrons. The van der Waals surface area contributed by atoms with Crippen LogP contribution < -0.4 is 5.32 Å². The predicted molar refractivity (Wildman–Crippen MR) is 81.0 cm³/mol. The largest absolute Gasteiger partial charge is 0.384 e. The van der Waals surface area contributed by atoms with Gasteiger partial charge >= 0.3 is 0 Å². The van der Waals surface area contributed by atoms with Crippen molar-refractivity contribution in [1.82, 2.24) is 9.78 Å². The molecule has 1 aromatic carbocycles. The van der Waals surface area contributed by atoms with E-state index in [1.54, 1.807) is 48.3 Å². The number of carbonyl (C=O) groups is 1. The van der Waals surface area contributed by atoms with Gasteiger partial charge in [-0.1, -0.05) is 23.4 Å². The second-order valence-corrected chi connectivity index (χ2v) is 4.74. The van der Waals surface area contributed by atoms with Crippen molar-refractivity contribution in [2.75, 3.05) is 11.9 Å². The summed E-state index contributed by atoms with van der Waals surface area (Å²) in [6, 6.07) is 6.29. The summed E-state index contributed by atoms with van der Waals surface area (Å²) in [6.07, 6.45) is 3.34. The third kappa shape index (κ3) is 3.85. The van der Waals surface area contributed by atoms with Crippen LogP contribution in [0.2, 0.25) is 5.02 Å². The number of aromatic nitrogens is 2. The molecular weight excluding hydrogens is 290 g/mol. The number of rotatable bonds is 3. The molecule has 0 aliphatic heterocycles. The van der Waals surface area contributed by atoms with E-state index in [-0.39, 0.29) is 12.5 Å². The number of amides is 1. The number of hydrogen-bond donors (Lipinski definition) is 2. The van der Waals surface area contributed by atoms with E-state index in [0.29, 0.717) is 16.3 Å². The van der Waals surface area contributed by atoms with Gasteiger partial charge in [-0.25, -0.2) is 0 Å². The third-order valence-electron chi connectivity index (χ3n) is 2.84. The molecule has 0 bridgehead atoms. The Morgan fingerprint density at radius 2 is 2.38 bits per heavy atom. The monoisotopic (exact) mass is 303 g/mol. The topological polar surface area (TPSA) is 67.2 Å². The zero-order chi connectivity index (χ0) is 15.2. The van der Waals surface area contributed by atoms with E-state index in [1.807, 2.05) is 0 Å². The van der Waals surface area contributed by atoms with Crippen molar-refractivity contribution >= 4 is 23.2 Å². The number of aliphatic hydroxyl groups excluding tert-OH is 1. The Bertz CT molecular complexity index is 687. The van der Waals surface area contributed by atoms with E-state index >= 15 is 0 Å². The number of aliphatic hydroxyl groups is 1. The van der Waals surface area contributed by atoms with Crippen molar-refractivity contribution in [3.63, 3.8) is 0 Å². The van der Waals surface area contributed by atoms with Gasteiger partial charge in [0, 0.05) is 23.0 Å². The SMILES string of the molecule is CC(C(=O)Nc1ccc(Cl)cc1C#CCO)n1cccn1. The molecule has 2 N–H and O–H groups in total. The first-order chi connectivity index (χ1) is 10.1. The predicted octanol–water partition coefficient (Wildman–Crippen LogP) is 2.08. The molecule has 0 spiro atoms. The molecule has 1 amide bonds. The maximum absolute atomic E-state index is 12.2. The van der Waals surface area contributed by atoms with Gasteiger partial charge in [-0.15, -0.1) is 0 Å². The minimum absolute atomic E-state index is 0.215. The fourth-order valence-electron chi connectivity index (χ4n) is 1.73. The Morgan fingerprint density at radius 1 is 1.57 bits per heavy atom. The fourth-order valence-corrected chi connectivity index (χ4v) is 1.90. The molecule has 1 unspecified atom stereocenters. The normalized spacial score (nSPS) is 11.4. The highest BCUT2D eigenvalue weighted by Crippen LogP contribution is 2.21. The first-order valence-corrected chi connectivity index (χ1v) is 6.69. The van der Waals surface area contributed by atoms with Gasteiger partial charge in [0.15, 0.2) is 0 Å². The average Bonchev–Trinajstić information content (AvgIpc) is 3.00. The van der Waals surface area contributed by atoms with E-state index in [2.05, 4.69) is 22.3 Å². The van der Waals surface area contributed by atoms with Gasteiger partial charge in [0.1, 0.15) is 12.6 Å². The smallest absolute Gasteiger partial charge is 0.248 e. The highest BCUT2D eigenvalue weighted by atomic mass is 35.5. The van der Waals surface area contributed by atoms with E-state index in [1.165, 1.54) is 0 Å². The van der Waals surface area contributed by atoms with Crippen LogP contribution in [0.3, 0.4) is 0 Å². The van der Waals surface area contributed by atoms with Gasteiger partial charge in [-0.05, 0) is 31.2 Å². The summed E-state index contributed by atoms with van der Waals surface area (Å²) in [5, 5.41) is 16.1. The molecule has 1 atom stereocenters. The summed E-state index contributed by atoms with van der Waals surface area (Å²) >= 11 is 5.92. The Hall–Kier alpha value is -2.29. The molecule has 0 saturated carbocycles. The number of hydrogen-bond acceptors (Lipinski definition) is 3. The zero-order valence-corrected chi connectivity index (χ0v) is 12.1. The summed E-state index contributed by atoms with van der Waals surface area (Å²) in [4.78, 5) is 12.2. The van der Waals surface area contributed by atoms with Crippen LogP contribution in [0.4, 0.5) is 5.69 Å². The summed E-state index contributed by atoms with van der Waals surface area (Å²) in [6.45, 7) is 1.49. The first-order valence-electron chi connectivity index (χ1n) is 6.31. The Labute approximate surface area is 127 Å². The molecule has 108 valence electrons. The van der Waals surface area contributed by atoms with Gasteiger partial charge in [0.2, 0.25) is 5.91 Å². The fraction of sp³-hybridized carbons (Fsp3) is 0.200. The lowest BCUT2D eigenvalue weighted by Crippen LogP contribution is -2.24. The van der Waals surface area contributed by atoms with E-state index in [4.69, 9.17) is 16.7 Å². The van der Waals surface area contributed by atoms with E-state index in [0.717, 1.165) is 0 Å². The minimum atomic E-state index is -0.450. The molecule has 1 aromatic heterocycles. The lowest BCUT2D eigenvalue weighted by Gasteiger charge is -2.14. The van der Waals surface area contributed by atoms with Crippen LogP contribution in [0.25, 0.3) is 0 Å². The van der Waals surface area contributed by atoms with Crippen molar-refractivity contribution in [1.29, 1.82) is 0 Å². The molecule has 0 aliphatic rings. The number of halogens is 1. The molecule has 0 saturated heterocycles. The number of nitrogens with zero attached hydrogens (tertiary/aromatic N) is 2. The standard InChI is InChI=1S/C15H14ClN3O2/c1-11(19-8-3-7-17-19)15(21)18-14-6-5-13(16)10-12(14)4-2-9-20/h3,5-8,10-11,20H,9H2,1H3,(H,18,21). The lowest BCUT2D eigenvalue weighted by molar-refractivity contribution is -0.119. The van der Waals surface area contributed by atoms with Gasteiger partial charge in [0.05, 0.1) is 5.69 Å².